The van der Waals surface area contributed by atoms with E-state index in [1.54, 1.807) is 24.5 Å². The Hall–Kier alpha value is -3.12. The molecule has 130 valence electrons. The highest BCUT2D eigenvalue weighted by atomic mass is 32.2. The van der Waals surface area contributed by atoms with Crippen molar-refractivity contribution in [2.45, 2.75) is 4.90 Å². The second kappa shape index (κ2) is 6.31. The highest BCUT2D eigenvalue weighted by Crippen LogP contribution is 2.33. The summed E-state index contributed by atoms with van der Waals surface area (Å²) >= 11 is 0. The summed E-state index contributed by atoms with van der Waals surface area (Å²) in [6.07, 6.45) is 4.53. The summed E-state index contributed by atoms with van der Waals surface area (Å²) in [5, 5.41) is 8.76. The maximum absolute atomic E-state index is 12.3. The number of aromatic nitrogens is 2. The fourth-order valence-corrected chi connectivity index (χ4v) is 3.64. The van der Waals surface area contributed by atoms with E-state index in [9.17, 15) is 8.42 Å². The molecule has 1 heterocycles. The van der Waals surface area contributed by atoms with E-state index >= 15 is 0 Å². The highest BCUT2D eigenvalue weighted by molar-refractivity contribution is 7.90. The fraction of sp³-hybridized carbons (Fsp3) is 0.0500. The van der Waals surface area contributed by atoms with E-state index in [1.165, 1.54) is 6.26 Å². The molecule has 0 radical (unpaired) electrons. The number of rotatable bonds is 4. The smallest absolute Gasteiger partial charge is 0.179 e. The molecule has 6 heteroatoms. The zero-order valence-electron chi connectivity index (χ0n) is 14.0. The highest BCUT2D eigenvalue weighted by Gasteiger charge is 2.17. The largest absolute Gasteiger partial charge is 0.456 e. The van der Waals surface area contributed by atoms with Crippen LogP contribution in [0.4, 0.5) is 0 Å². The molecule has 3 aromatic carbocycles. The first-order valence-electron chi connectivity index (χ1n) is 8.01. The molecular formula is C20H16N2O3S. The average Bonchev–Trinajstić information content (AvgIpc) is 3.16. The van der Waals surface area contributed by atoms with E-state index in [0.29, 0.717) is 11.5 Å². The Morgan fingerprint density at radius 3 is 2.46 bits per heavy atom. The molecule has 0 saturated heterocycles. The lowest BCUT2D eigenvalue weighted by atomic mass is 10.1. The zero-order valence-corrected chi connectivity index (χ0v) is 14.8. The first kappa shape index (κ1) is 16.4. The minimum absolute atomic E-state index is 0.143. The molecule has 0 atom stereocenters. The Morgan fingerprint density at radius 2 is 1.73 bits per heavy atom. The number of ether oxygens (including phenoxy) is 1. The van der Waals surface area contributed by atoms with Crippen LogP contribution in [-0.2, 0) is 9.84 Å². The van der Waals surface area contributed by atoms with Gasteiger partial charge in [0.25, 0.3) is 0 Å². The average molecular weight is 364 g/mol. The molecule has 0 spiro atoms. The van der Waals surface area contributed by atoms with Crippen molar-refractivity contribution in [3.8, 4) is 22.6 Å². The van der Waals surface area contributed by atoms with E-state index in [4.69, 9.17) is 4.74 Å². The number of fused-ring (bicyclic) bond motifs is 1. The van der Waals surface area contributed by atoms with E-state index in [1.807, 2.05) is 48.5 Å². The van der Waals surface area contributed by atoms with Gasteiger partial charge in [0.1, 0.15) is 16.4 Å². The van der Waals surface area contributed by atoms with Gasteiger partial charge in [0.05, 0.1) is 6.20 Å². The molecule has 5 nitrogen and oxygen atoms in total. The molecule has 0 bridgehead atoms. The molecule has 1 N–H and O–H groups in total. The van der Waals surface area contributed by atoms with E-state index in [-0.39, 0.29) is 4.90 Å². The van der Waals surface area contributed by atoms with E-state index in [2.05, 4.69) is 10.2 Å². The van der Waals surface area contributed by atoms with Crippen molar-refractivity contribution in [3.63, 3.8) is 0 Å². The van der Waals surface area contributed by atoms with Gasteiger partial charge >= 0.3 is 0 Å². The summed E-state index contributed by atoms with van der Waals surface area (Å²) in [6.45, 7) is 0. The summed E-state index contributed by atoms with van der Waals surface area (Å²) < 4.78 is 30.5. The lowest BCUT2D eigenvalue weighted by Crippen LogP contribution is -2.01. The van der Waals surface area contributed by atoms with Crippen molar-refractivity contribution in [3.05, 3.63) is 73.1 Å². The maximum atomic E-state index is 12.3. The van der Waals surface area contributed by atoms with Crippen LogP contribution in [0.15, 0.2) is 78.0 Å². The van der Waals surface area contributed by atoms with Gasteiger partial charge in [-0.05, 0) is 40.6 Å². The van der Waals surface area contributed by atoms with Gasteiger partial charge in [-0.25, -0.2) is 8.42 Å². The van der Waals surface area contributed by atoms with Crippen LogP contribution < -0.4 is 4.74 Å². The van der Waals surface area contributed by atoms with Crippen molar-refractivity contribution in [1.82, 2.24) is 10.2 Å². The number of aromatic amines is 1. The summed E-state index contributed by atoms with van der Waals surface area (Å²) in [5.41, 5.74) is 1.57. The molecule has 0 saturated carbocycles. The fourth-order valence-electron chi connectivity index (χ4n) is 2.83. The van der Waals surface area contributed by atoms with Crippen molar-refractivity contribution < 1.29 is 13.2 Å². The lowest BCUT2D eigenvalue weighted by molar-refractivity contribution is 0.468. The zero-order chi connectivity index (χ0) is 18.1. The Morgan fingerprint density at radius 1 is 0.923 bits per heavy atom. The number of benzene rings is 3. The van der Waals surface area contributed by atoms with Crippen molar-refractivity contribution >= 4 is 20.6 Å². The molecule has 0 fully saturated rings. The minimum atomic E-state index is -3.47. The standard InChI is InChI=1S/C20H16N2O3S/c1-26(23,24)20-11-16(17-12-21-22-13-17)7-9-19(20)25-18-8-6-14-4-2-3-5-15(14)10-18/h2-13H,1H3,(H,21,22). The van der Waals surface area contributed by atoms with Gasteiger partial charge in [-0.1, -0.05) is 36.4 Å². The topological polar surface area (TPSA) is 72.0 Å². The third-order valence-corrected chi connectivity index (χ3v) is 5.24. The van der Waals surface area contributed by atoms with Gasteiger partial charge in [0.15, 0.2) is 9.84 Å². The Bertz CT molecular complexity index is 1180. The van der Waals surface area contributed by atoms with Crippen molar-refractivity contribution in [2.75, 3.05) is 6.26 Å². The SMILES string of the molecule is CS(=O)(=O)c1cc(-c2cn[nH]c2)ccc1Oc1ccc2ccccc2c1. The van der Waals surface area contributed by atoms with Crippen LogP contribution in [0.2, 0.25) is 0 Å². The van der Waals surface area contributed by atoms with Gasteiger partial charge in [0, 0.05) is 18.0 Å². The molecule has 0 unspecified atom stereocenters. The predicted octanol–water partition coefficient (Wildman–Crippen LogP) is 4.43. The van der Waals surface area contributed by atoms with Crippen LogP contribution in [0, 0.1) is 0 Å². The molecule has 0 aliphatic rings. The molecule has 4 rings (SSSR count). The molecule has 0 aliphatic heterocycles. The molecule has 4 aromatic rings. The number of H-pyrrole nitrogens is 1. The summed E-state index contributed by atoms with van der Waals surface area (Å²) in [7, 11) is -3.47. The van der Waals surface area contributed by atoms with Crippen LogP contribution in [0.25, 0.3) is 21.9 Å². The minimum Gasteiger partial charge on any atom is -0.456 e. The monoisotopic (exact) mass is 364 g/mol. The molecule has 0 amide bonds. The van der Waals surface area contributed by atoms with Crippen LogP contribution in [0.1, 0.15) is 0 Å². The maximum Gasteiger partial charge on any atom is 0.179 e. The third kappa shape index (κ3) is 3.19. The van der Waals surface area contributed by atoms with Gasteiger partial charge in [-0.3, -0.25) is 5.10 Å². The molecular weight excluding hydrogens is 348 g/mol. The Balaban J connectivity index is 1.77. The number of hydrogen-bond acceptors (Lipinski definition) is 4. The van der Waals surface area contributed by atoms with Crippen LogP contribution in [0.3, 0.4) is 0 Å². The van der Waals surface area contributed by atoms with Gasteiger partial charge in [-0.2, -0.15) is 5.10 Å². The van der Waals surface area contributed by atoms with Crippen LogP contribution in [-0.4, -0.2) is 24.9 Å². The lowest BCUT2D eigenvalue weighted by Gasteiger charge is -2.12. The first-order chi connectivity index (χ1) is 12.5. The molecule has 0 aliphatic carbocycles. The normalized spacial score (nSPS) is 11.6. The van der Waals surface area contributed by atoms with Crippen molar-refractivity contribution in [2.24, 2.45) is 0 Å². The Kier molecular flexibility index (Phi) is 3.97. The number of sulfone groups is 1. The second-order valence-electron chi connectivity index (χ2n) is 6.03. The van der Waals surface area contributed by atoms with Crippen molar-refractivity contribution in [1.29, 1.82) is 0 Å². The van der Waals surface area contributed by atoms with Gasteiger partial charge in [0.2, 0.25) is 0 Å². The van der Waals surface area contributed by atoms with Crippen LogP contribution in [0.5, 0.6) is 11.5 Å². The molecule has 1 aromatic heterocycles. The molecule has 26 heavy (non-hydrogen) atoms. The first-order valence-corrected chi connectivity index (χ1v) is 9.90. The summed E-state index contributed by atoms with van der Waals surface area (Å²) in [5.74, 6) is 0.889. The second-order valence-corrected chi connectivity index (χ2v) is 8.02. The predicted molar refractivity (Wildman–Crippen MR) is 101 cm³/mol. The van der Waals surface area contributed by atoms with Crippen LogP contribution >= 0.6 is 0 Å². The van der Waals surface area contributed by atoms with Gasteiger partial charge < -0.3 is 4.74 Å². The Labute approximate surface area is 151 Å². The van der Waals surface area contributed by atoms with E-state index in [0.717, 1.165) is 21.9 Å². The summed E-state index contributed by atoms with van der Waals surface area (Å²) in [4.78, 5) is 0.143. The number of nitrogens with zero attached hydrogens (tertiary/aromatic N) is 1. The summed E-state index contributed by atoms with van der Waals surface area (Å²) in [6, 6.07) is 18.7. The number of nitrogens with one attached hydrogen (secondary N) is 1. The number of hydrogen-bond donors (Lipinski definition) is 1. The quantitative estimate of drug-likeness (QED) is 0.582. The third-order valence-electron chi connectivity index (χ3n) is 4.12. The van der Waals surface area contributed by atoms with E-state index < -0.39 is 9.84 Å². The van der Waals surface area contributed by atoms with Gasteiger partial charge in [-0.15, -0.1) is 0 Å².